The van der Waals surface area contributed by atoms with Crippen molar-refractivity contribution < 1.29 is 14.3 Å². The second kappa shape index (κ2) is 8.50. The third kappa shape index (κ3) is 4.44. The van der Waals surface area contributed by atoms with Crippen LogP contribution in [-0.2, 0) is 16.8 Å². The molecule has 2 atom stereocenters. The minimum atomic E-state index is -0.829. The van der Waals surface area contributed by atoms with Crippen molar-refractivity contribution in [3.63, 3.8) is 0 Å². The van der Waals surface area contributed by atoms with Crippen LogP contribution in [0.4, 0.5) is 0 Å². The molecule has 0 amide bonds. The zero-order valence-corrected chi connectivity index (χ0v) is 18.4. The maximum absolute atomic E-state index is 13.1. The summed E-state index contributed by atoms with van der Waals surface area (Å²) < 4.78 is 11.9. The number of aromatic hydroxyl groups is 1. The molecule has 0 saturated heterocycles. The average molecular weight is 429 g/mol. The molecular weight excluding hydrogens is 400 g/mol. The van der Waals surface area contributed by atoms with E-state index in [4.69, 9.17) is 20.8 Å². The lowest BCUT2D eigenvalue weighted by Gasteiger charge is -2.29. The molecule has 1 N–H and O–H groups in total. The number of halogens is 1. The number of hydrogen-bond acceptors (Lipinski definition) is 4. The van der Waals surface area contributed by atoms with E-state index in [-0.39, 0.29) is 17.2 Å². The molecule has 4 nitrogen and oxygen atoms in total. The van der Waals surface area contributed by atoms with E-state index in [1.54, 1.807) is 6.07 Å². The molecule has 0 radical (unpaired) electrons. The third-order valence-corrected chi connectivity index (χ3v) is 6.50. The summed E-state index contributed by atoms with van der Waals surface area (Å²) in [6.07, 6.45) is 8.14. The van der Waals surface area contributed by atoms with Crippen molar-refractivity contribution in [3.05, 3.63) is 74.5 Å². The number of allylic oxidation sites excluding steroid dienone is 1. The van der Waals surface area contributed by atoms with Crippen LogP contribution in [0.1, 0.15) is 75.2 Å². The first-order chi connectivity index (χ1) is 14.4. The molecule has 30 heavy (non-hydrogen) atoms. The smallest absolute Gasteiger partial charge is 0.347 e. The predicted octanol–water partition coefficient (Wildman–Crippen LogP) is 6.44. The van der Waals surface area contributed by atoms with Crippen LogP contribution >= 0.6 is 11.6 Å². The molecule has 1 aromatic heterocycles. The van der Waals surface area contributed by atoms with Crippen molar-refractivity contribution in [2.45, 2.75) is 70.3 Å². The van der Waals surface area contributed by atoms with E-state index in [0.29, 0.717) is 29.5 Å². The highest BCUT2D eigenvalue weighted by atomic mass is 35.5. The number of rotatable bonds is 8. The molecule has 1 aromatic carbocycles. The highest BCUT2D eigenvalue weighted by Crippen LogP contribution is 2.45. The Kier molecular flexibility index (Phi) is 5.97. The first-order valence-electron chi connectivity index (χ1n) is 10.9. The van der Waals surface area contributed by atoms with Crippen molar-refractivity contribution in [2.24, 2.45) is 5.92 Å². The van der Waals surface area contributed by atoms with Crippen LogP contribution in [0, 0.1) is 5.92 Å². The van der Waals surface area contributed by atoms with Crippen molar-refractivity contribution >= 4 is 11.6 Å². The van der Waals surface area contributed by atoms with Crippen molar-refractivity contribution in [3.8, 4) is 5.75 Å². The largest absolute Gasteiger partial charge is 0.507 e. The third-order valence-electron chi connectivity index (χ3n) is 6.25. The van der Waals surface area contributed by atoms with E-state index in [1.807, 2.05) is 44.2 Å². The van der Waals surface area contributed by atoms with Gasteiger partial charge in [0.05, 0.1) is 5.76 Å². The summed E-state index contributed by atoms with van der Waals surface area (Å²) in [7, 11) is 0. The van der Waals surface area contributed by atoms with E-state index in [0.717, 1.165) is 30.6 Å². The molecule has 1 aliphatic heterocycles. The molecule has 2 aliphatic rings. The first kappa shape index (κ1) is 21.0. The van der Waals surface area contributed by atoms with Crippen molar-refractivity contribution in [1.29, 1.82) is 0 Å². The van der Waals surface area contributed by atoms with Gasteiger partial charge in [0.25, 0.3) is 0 Å². The predicted molar refractivity (Wildman–Crippen MR) is 118 cm³/mol. The quantitative estimate of drug-likeness (QED) is 0.525. The molecule has 5 heteroatoms. The van der Waals surface area contributed by atoms with Gasteiger partial charge in [0.1, 0.15) is 22.7 Å². The second-order valence-electron chi connectivity index (χ2n) is 8.77. The molecular formula is C25H29ClO4. The van der Waals surface area contributed by atoms with Gasteiger partial charge in [-0.2, -0.15) is 0 Å². The van der Waals surface area contributed by atoms with Gasteiger partial charge < -0.3 is 14.3 Å². The van der Waals surface area contributed by atoms with Gasteiger partial charge in [-0.25, -0.2) is 4.79 Å². The maximum Gasteiger partial charge on any atom is 0.347 e. The lowest BCUT2D eigenvalue weighted by molar-refractivity contribution is 0.00886. The Morgan fingerprint density at radius 1 is 1.27 bits per heavy atom. The molecule has 0 bridgehead atoms. The Hall–Kier alpha value is -2.20. The minimum Gasteiger partial charge on any atom is -0.507 e. The Morgan fingerprint density at radius 2 is 2.00 bits per heavy atom. The summed E-state index contributed by atoms with van der Waals surface area (Å²) in [4.78, 5) is 13.1. The summed E-state index contributed by atoms with van der Waals surface area (Å²) in [5.74, 6) is 2.01. The summed E-state index contributed by atoms with van der Waals surface area (Å²) in [6.45, 7) is 3.92. The van der Waals surface area contributed by atoms with Gasteiger partial charge in [-0.1, -0.05) is 49.9 Å². The Labute approximate surface area is 182 Å². The van der Waals surface area contributed by atoms with Gasteiger partial charge in [-0.15, -0.1) is 0 Å². The van der Waals surface area contributed by atoms with Gasteiger partial charge in [0.15, 0.2) is 0 Å². The number of benzene rings is 1. The van der Waals surface area contributed by atoms with E-state index < -0.39 is 11.2 Å². The fourth-order valence-corrected chi connectivity index (χ4v) is 4.74. The molecule has 0 spiro atoms. The van der Waals surface area contributed by atoms with E-state index in [2.05, 4.69) is 0 Å². The fraction of sp³-hybridized carbons (Fsp3) is 0.480. The molecule has 4 rings (SSSR count). The first-order valence-corrected chi connectivity index (χ1v) is 11.3. The molecule has 1 fully saturated rings. The standard InChI is InChI=1S/C25H29ClO4/c1-3-11-25(12-10-16(2)30-25)23-21(27)15-22(29-24(23)28)19(13-17-4-5-17)14-18-6-8-20(26)9-7-18/h6-10,15,17,19,27H,3-5,11-14H2,1-2H3. The van der Waals surface area contributed by atoms with Gasteiger partial charge in [0, 0.05) is 23.4 Å². The molecule has 1 saturated carbocycles. The van der Waals surface area contributed by atoms with Crippen molar-refractivity contribution in [2.75, 3.05) is 0 Å². The Balaban J connectivity index is 1.67. The van der Waals surface area contributed by atoms with E-state index in [9.17, 15) is 9.90 Å². The molecule has 2 heterocycles. The molecule has 160 valence electrons. The Morgan fingerprint density at radius 3 is 2.57 bits per heavy atom. The molecule has 1 aliphatic carbocycles. The van der Waals surface area contributed by atoms with Crippen LogP contribution in [0.5, 0.6) is 5.75 Å². The zero-order chi connectivity index (χ0) is 21.3. The second-order valence-corrected chi connectivity index (χ2v) is 9.20. The van der Waals surface area contributed by atoms with Crippen LogP contribution in [0.3, 0.4) is 0 Å². The highest BCUT2D eigenvalue weighted by molar-refractivity contribution is 6.30. The van der Waals surface area contributed by atoms with Gasteiger partial charge in [-0.05, 0) is 55.9 Å². The van der Waals surface area contributed by atoms with Crippen LogP contribution in [0.2, 0.25) is 5.02 Å². The lowest BCUT2D eigenvalue weighted by atomic mass is 9.86. The SMILES string of the molecule is CCCC1(c2c(O)cc(C(Cc3ccc(Cl)cc3)CC3CC3)oc2=O)CC=C(C)O1. The zero-order valence-electron chi connectivity index (χ0n) is 17.6. The summed E-state index contributed by atoms with van der Waals surface area (Å²) in [6, 6.07) is 9.41. The summed E-state index contributed by atoms with van der Waals surface area (Å²) >= 11 is 6.02. The van der Waals surface area contributed by atoms with Crippen LogP contribution < -0.4 is 5.63 Å². The number of ether oxygens (including phenoxy) is 1. The van der Waals surface area contributed by atoms with Crippen LogP contribution in [-0.4, -0.2) is 5.11 Å². The van der Waals surface area contributed by atoms with E-state index >= 15 is 0 Å². The minimum absolute atomic E-state index is 0.0188. The average Bonchev–Trinajstić information content (AvgIpc) is 3.44. The van der Waals surface area contributed by atoms with Gasteiger partial charge in [0.2, 0.25) is 0 Å². The van der Waals surface area contributed by atoms with E-state index in [1.165, 1.54) is 12.8 Å². The van der Waals surface area contributed by atoms with Gasteiger partial charge in [-0.3, -0.25) is 0 Å². The maximum atomic E-state index is 13.1. The number of hydrogen-bond donors (Lipinski definition) is 1. The van der Waals surface area contributed by atoms with Gasteiger partial charge >= 0.3 is 5.63 Å². The highest BCUT2D eigenvalue weighted by Gasteiger charge is 2.42. The van der Waals surface area contributed by atoms with Crippen LogP contribution in [0.15, 0.2) is 51.4 Å². The topological polar surface area (TPSA) is 59.7 Å². The van der Waals surface area contributed by atoms with Crippen LogP contribution in [0.25, 0.3) is 0 Å². The summed E-state index contributed by atoms with van der Waals surface area (Å²) in [5.41, 5.74) is 0.0680. The monoisotopic (exact) mass is 428 g/mol. The lowest BCUT2D eigenvalue weighted by Crippen LogP contribution is -2.32. The fourth-order valence-electron chi connectivity index (χ4n) is 4.62. The Bertz CT molecular complexity index is 987. The summed E-state index contributed by atoms with van der Waals surface area (Å²) in [5, 5.41) is 11.6. The van der Waals surface area contributed by atoms with Crippen molar-refractivity contribution in [1.82, 2.24) is 0 Å². The normalized spacial score (nSPS) is 21.9. The molecule has 2 aromatic rings. The molecule has 2 unspecified atom stereocenters.